The number of likely N-dealkylation sites (tertiary alicyclic amines) is 1. The Kier molecular flexibility index (Phi) is 4.81. The fourth-order valence-electron chi connectivity index (χ4n) is 2.70. The lowest BCUT2D eigenvalue weighted by atomic mass is 10.1. The Bertz CT molecular complexity index is 450. The normalized spacial score (nSPS) is 19.9. The summed E-state index contributed by atoms with van der Waals surface area (Å²) in [6.45, 7) is 10.0. The van der Waals surface area contributed by atoms with E-state index in [1.54, 1.807) is 0 Å². The van der Waals surface area contributed by atoms with Crippen LogP contribution >= 0.6 is 0 Å². The smallest absolute Gasteiger partial charge is 0.239 e. The molecule has 2 rings (SSSR count). The van der Waals surface area contributed by atoms with Gasteiger partial charge < -0.3 is 10.2 Å². The van der Waals surface area contributed by atoms with Crippen molar-refractivity contribution in [2.45, 2.75) is 58.7 Å². The van der Waals surface area contributed by atoms with Crippen LogP contribution in [0, 0.1) is 6.92 Å². The van der Waals surface area contributed by atoms with Crippen molar-refractivity contribution in [3.8, 4) is 0 Å². The van der Waals surface area contributed by atoms with Gasteiger partial charge in [0.15, 0.2) is 0 Å². The lowest BCUT2D eigenvalue weighted by Gasteiger charge is -2.27. The van der Waals surface area contributed by atoms with Crippen molar-refractivity contribution >= 4 is 5.91 Å². The largest absolute Gasteiger partial charge is 0.341 e. The van der Waals surface area contributed by atoms with Gasteiger partial charge in [-0.1, -0.05) is 0 Å². The fourth-order valence-corrected chi connectivity index (χ4v) is 2.70. The van der Waals surface area contributed by atoms with E-state index in [2.05, 4.69) is 24.3 Å². The highest BCUT2D eigenvalue weighted by Crippen LogP contribution is 2.13. The van der Waals surface area contributed by atoms with Crippen LogP contribution in [0.5, 0.6) is 0 Å². The third-order valence-electron chi connectivity index (χ3n) is 4.17. The molecule has 0 aromatic carbocycles. The Morgan fingerprint density at radius 2 is 1.95 bits per heavy atom. The molecule has 0 spiro atoms. The minimum Gasteiger partial charge on any atom is -0.341 e. The molecule has 0 radical (unpaired) electrons. The zero-order valence-electron chi connectivity index (χ0n) is 13.0. The summed E-state index contributed by atoms with van der Waals surface area (Å²) in [4.78, 5) is 14.3. The highest BCUT2D eigenvalue weighted by molar-refractivity contribution is 5.81. The zero-order chi connectivity index (χ0) is 14.7. The van der Waals surface area contributed by atoms with E-state index in [-0.39, 0.29) is 24.0 Å². The summed E-state index contributed by atoms with van der Waals surface area (Å²) < 4.78 is 1.96. The molecule has 1 N–H and O–H groups in total. The van der Waals surface area contributed by atoms with Crippen LogP contribution in [0.25, 0.3) is 0 Å². The second kappa shape index (κ2) is 6.39. The topological polar surface area (TPSA) is 50.2 Å². The summed E-state index contributed by atoms with van der Waals surface area (Å²) in [6, 6.07) is 0.274. The van der Waals surface area contributed by atoms with Crippen molar-refractivity contribution in [3.63, 3.8) is 0 Å². The number of hydrogen-bond acceptors (Lipinski definition) is 3. The predicted octanol–water partition coefficient (Wildman–Crippen LogP) is 1.74. The third-order valence-corrected chi connectivity index (χ3v) is 4.17. The Labute approximate surface area is 121 Å². The first-order chi connectivity index (χ1) is 9.49. The van der Waals surface area contributed by atoms with Crippen molar-refractivity contribution in [1.29, 1.82) is 0 Å². The Morgan fingerprint density at radius 3 is 2.50 bits per heavy atom. The average Bonchev–Trinajstić information content (AvgIpc) is 3.07. The second-order valence-electron chi connectivity index (χ2n) is 5.95. The van der Waals surface area contributed by atoms with E-state index < -0.39 is 0 Å². The Balaban J connectivity index is 1.89. The lowest BCUT2D eigenvalue weighted by molar-refractivity contribution is -0.132. The van der Waals surface area contributed by atoms with E-state index in [0.29, 0.717) is 0 Å². The van der Waals surface area contributed by atoms with Gasteiger partial charge in [-0.2, -0.15) is 5.10 Å². The predicted molar refractivity (Wildman–Crippen MR) is 79.5 cm³/mol. The van der Waals surface area contributed by atoms with Gasteiger partial charge in [0.25, 0.3) is 0 Å². The van der Waals surface area contributed by atoms with E-state index in [1.807, 2.05) is 35.8 Å². The Hall–Kier alpha value is -1.36. The summed E-state index contributed by atoms with van der Waals surface area (Å²) in [5.74, 6) is 0.221. The molecule has 1 fully saturated rings. The second-order valence-corrected chi connectivity index (χ2v) is 5.95. The Morgan fingerprint density at radius 1 is 1.30 bits per heavy atom. The van der Waals surface area contributed by atoms with Crippen LogP contribution in [0.2, 0.25) is 0 Å². The summed E-state index contributed by atoms with van der Waals surface area (Å²) in [6.07, 6.45) is 6.17. The molecule has 1 amide bonds. The van der Waals surface area contributed by atoms with Gasteiger partial charge in [-0.15, -0.1) is 0 Å². The van der Waals surface area contributed by atoms with Crippen LogP contribution in [0.1, 0.15) is 45.2 Å². The summed E-state index contributed by atoms with van der Waals surface area (Å²) in [5.41, 5.74) is 1.16. The van der Waals surface area contributed by atoms with Gasteiger partial charge in [0.1, 0.15) is 0 Å². The molecule has 1 aromatic rings. The van der Waals surface area contributed by atoms with Gasteiger partial charge in [-0.05, 0) is 46.1 Å². The first-order valence-electron chi connectivity index (χ1n) is 7.54. The lowest BCUT2D eigenvalue weighted by Crippen LogP contribution is -2.48. The van der Waals surface area contributed by atoms with Crippen molar-refractivity contribution in [3.05, 3.63) is 18.0 Å². The number of carbonyl (C=O) groups excluding carboxylic acids is 1. The third kappa shape index (κ3) is 3.39. The molecule has 0 saturated carbocycles. The number of aromatic nitrogens is 2. The van der Waals surface area contributed by atoms with Crippen LogP contribution in [0.4, 0.5) is 0 Å². The molecule has 1 saturated heterocycles. The summed E-state index contributed by atoms with van der Waals surface area (Å²) in [5, 5.41) is 7.76. The summed E-state index contributed by atoms with van der Waals surface area (Å²) in [7, 11) is 0. The first-order valence-corrected chi connectivity index (χ1v) is 7.54. The van der Waals surface area contributed by atoms with Crippen molar-refractivity contribution in [1.82, 2.24) is 20.0 Å². The molecule has 5 nitrogen and oxygen atoms in total. The number of nitrogens with one attached hydrogen (secondary N) is 1. The van der Waals surface area contributed by atoms with E-state index in [0.717, 1.165) is 31.5 Å². The molecule has 2 heterocycles. The minimum absolute atomic E-state index is 0.137. The summed E-state index contributed by atoms with van der Waals surface area (Å²) >= 11 is 0. The molecule has 1 aliphatic heterocycles. The number of nitrogens with zero attached hydrogens (tertiary/aromatic N) is 3. The molecule has 0 bridgehead atoms. The SMILES string of the molecule is Cc1cnn([C@H](C)[C@@H](C)N[C@@H](C)C(=O)N2CCCC2)c1. The number of amides is 1. The zero-order valence-corrected chi connectivity index (χ0v) is 13.0. The standard InChI is InChI=1S/C15H26N4O/c1-11-9-16-19(10-11)14(4)12(2)17-13(3)15(20)18-7-5-6-8-18/h9-10,12-14,17H,5-8H2,1-4H3/t12-,13+,14-/m1/s1. The van der Waals surface area contributed by atoms with E-state index in [1.165, 1.54) is 0 Å². The molecule has 1 aromatic heterocycles. The van der Waals surface area contributed by atoms with Gasteiger partial charge in [0, 0.05) is 25.3 Å². The number of carbonyl (C=O) groups is 1. The van der Waals surface area contributed by atoms with Crippen LogP contribution < -0.4 is 5.32 Å². The number of hydrogen-bond donors (Lipinski definition) is 1. The molecule has 0 unspecified atom stereocenters. The molecule has 1 aliphatic rings. The maximum Gasteiger partial charge on any atom is 0.239 e. The first kappa shape index (κ1) is 15.0. The quantitative estimate of drug-likeness (QED) is 0.892. The monoisotopic (exact) mass is 278 g/mol. The molecule has 3 atom stereocenters. The molecular formula is C15H26N4O. The van der Waals surface area contributed by atoms with Gasteiger partial charge in [-0.3, -0.25) is 9.48 Å². The maximum atomic E-state index is 12.3. The fraction of sp³-hybridized carbons (Fsp3) is 0.733. The van der Waals surface area contributed by atoms with Gasteiger partial charge in [0.2, 0.25) is 5.91 Å². The van der Waals surface area contributed by atoms with E-state index >= 15 is 0 Å². The van der Waals surface area contributed by atoms with Crippen molar-refractivity contribution < 1.29 is 4.79 Å². The van der Waals surface area contributed by atoms with Gasteiger partial charge in [0.05, 0.1) is 18.3 Å². The molecule has 20 heavy (non-hydrogen) atoms. The number of aryl methyl sites for hydroxylation is 1. The van der Waals surface area contributed by atoms with Crippen LogP contribution in [0.3, 0.4) is 0 Å². The molecule has 5 heteroatoms. The highest BCUT2D eigenvalue weighted by Gasteiger charge is 2.25. The maximum absolute atomic E-state index is 12.3. The van der Waals surface area contributed by atoms with E-state index in [9.17, 15) is 4.79 Å². The van der Waals surface area contributed by atoms with Crippen LogP contribution in [-0.4, -0.2) is 45.8 Å². The molecular weight excluding hydrogens is 252 g/mol. The van der Waals surface area contributed by atoms with Gasteiger partial charge >= 0.3 is 0 Å². The van der Waals surface area contributed by atoms with Gasteiger partial charge in [-0.25, -0.2) is 0 Å². The average molecular weight is 278 g/mol. The van der Waals surface area contributed by atoms with Crippen molar-refractivity contribution in [2.24, 2.45) is 0 Å². The molecule has 112 valence electrons. The number of rotatable bonds is 5. The highest BCUT2D eigenvalue weighted by atomic mass is 16.2. The van der Waals surface area contributed by atoms with E-state index in [4.69, 9.17) is 0 Å². The molecule has 0 aliphatic carbocycles. The van der Waals surface area contributed by atoms with Crippen molar-refractivity contribution in [2.75, 3.05) is 13.1 Å². The van der Waals surface area contributed by atoms with Crippen LogP contribution in [-0.2, 0) is 4.79 Å². The van der Waals surface area contributed by atoms with Crippen LogP contribution in [0.15, 0.2) is 12.4 Å². The minimum atomic E-state index is -0.137.